The molecule has 0 aromatic heterocycles. The molecule has 0 aromatic rings. The van der Waals surface area contributed by atoms with Gasteiger partial charge in [-0.1, -0.05) is 27.6 Å². The molecule has 70 valence electrons. The van der Waals surface area contributed by atoms with Crippen LogP contribution in [0.4, 0.5) is 0 Å². The second-order valence-corrected chi connectivity index (χ2v) is 4.13. The van der Waals surface area contributed by atoms with Crippen molar-refractivity contribution in [2.75, 3.05) is 18.5 Å². The van der Waals surface area contributed by atoms with Crippen LogP contribution < -0.4 is 0 Å². The Kier molecular flexibility index (Phi) is 4.93. The van der Waals surface area contributed by atoms with Crippen LogP contribution in [0.5, 0.6) is 0 Å². The fourth-order valence-electron chi connectivity index (χ4n) is 1.55. The minimum atomic E-state index is 0.692. The summed E-state index contributed by atoms with van der Waals surface area (Å²) in [5, 5.41) is 1.07. The van der Waals surface area contributed by atoms with Crippen LogP contribution >= 0.6 is 15.9 Å². The number of hydrogen-bond acceptors (Lipinski definition) is 1. The Morgan fingerprint density at radius 1 is 1.67 bits per heavy atom. The fraction of sp³-hybridized carbons (Fsp3) is 0.800. The third-order valence-electron chi connectivity index (χ3n) is 2.38. The topological polar surface area (TPSA) is 9.23 Å². The van der Waals surface area contributed by atoms with E-state index in [0.29, 0.717) is 5.92 Å². The Labute approximate surface area is 83.3 Å². The number of alkyl halides is 1. The SMILES string of the molecule is CC(=CCCBr)C1CCCOC1. The van der Waals surface area contributed by atoms with Crippen molar-refractivity contribution in [3.05, 3.63) is 11.6 Å². The Balaban J connectivity index is 2.33. The smallest absolute Gasteiger partial charge is 0.0531 e. The lowest BCUT2D eigenvalue weighted by Crippen LogP contribution is -2.18. The highest BCUT2D eigenvalue weighted by atomic mass is 79.9. The molecule has 1 atom stereocenters. The van der Waals surface area contributed by atoms with E-state index in [1.807, 2.05) is 0 Å². The lowest BCUT2D eigenvalue weighted by atomic mass is 9.94. The van der Waals surface area contributed by atoms with Crippen molar-refractivity contribution in [1.29, 1.82) is 0 Å². The predicted octanol–water partition coefficient (Wildman–Crippen LogP) is 3.14. The summed E-state index contributed by atoms with van der Waals surface area (Å²) >= 11 is 3.43. The molecule has 1 rings (SSSR count). The van der Waals surface area contributed by atoms with E-state index < -0.39 is 0 Å². The van der Waals surface area contributed by atoms with Crippen LogP contribution in [0.3, 0.4) is 0 Å². The van der Waals surface area contributed by atoms with E-state index in [4.69, 9.17) is 4.74 Å². The van der Waals surface area contributed by atoms with Crippen LogP contribution in [0.1, 0.15) is 26.2 Å². The van der Waals surface area contributed by atoms with Gasteiger partial charge < -0.3 is 4.74 Å². The van der Waals surface area contributed by atoms with E-state index in [2.05, 4.69) is 28.9 Å². The first-order valence-corrected chi connectivity index (χ1v) is 5.77. The summed E-state index contributed by atoms with van der Waals surface area (Å²) in [6.45, 7) is 4.12. The van der Waals surface area contributed by atoms with Gasteiger partial charge in [-0.25, -0.2) is 0 Å². The average molecular weight is 233 g/mol. The summed E-state index contributed by atoms with van der Waals surface area (Å²) < 4.78 is 5.43. The van der Waals surface area contributed by atoms with Crippen molar-refractivity contribution in [3.8, 4) is 0 Å². The van der Waals surface area contributed by atoms with Gasteiger partial charge in [-0.15, -0.1) is 0 Å². The maximum atomic E-state index is 5.43. The Morgan fingerprint density at radius 2 is 2.50 bits per heavy atom. The van der Waals surface area contributed by atoms with Crippen molar-refractivity contribution < 1.29 is 4.74 Å². The minimum Gasteiger partial charge on any atom is -0.381 e. The molecule has 1 saturated heterocycles. The summed E-state index contributed by atoms with van der Waals surface area (Å²) in [6.07, 6.45) is 6.01. The standard InChI is InChI=1S/C10H17BrO/c1-9(4-2-6-11)10-5-3-7-12-8-10/h4,10H,2-3,5-8H2,1H3. The summed E-state index contributed by atoms with van der Waals surface area (Å²) in [5.41, 5.74) is 1.51. The Bertz CT molecular complexity index is 148. The highest BCUT2D eigenvalue weighted by molar-refractivity contribution is 9.09. The van der Waals surface area contributed by atoms with Gasteiger partial charge in [0.15, 0.2) is 0 Å². The van der Waals surface area contributed by atoms with E-state index in [9.17, 15) is 0 Å². The molecule has 0 spiro atoms. The Morgan fingerprint density at radius 3 is 3.08 bits per heavy atom. The molecule has 1 unspecified atom stereocenters. The molecule has 1 aliphatic heterocycles. The fourth-order valence-corrected chi connectivity index (χ4v) is 1.78. The first kappa shape index (κ1) is 10.3. The van der Waals surface area contributed by atoms with Crippen molar-refractivity contribution in [2.45, 2.75) is 26.2 Å². The van der Waals surface area contributed by atoms with Gasteiger partial charge in [0.2, 0.25) is 0 Å². The molecule has 1 aliphatic rings. The van der Waals surface area contributed by atoms with Crippen LogP contribution in [0.25, 0.3) is 0 Å². The van der Waals surface area contributed by atoms with Gasteiger partial charge in [-0.3, -0.25) is 0 Å². The third-order valence-corrected chi connectivity index (χ3v) is 2.84. The van der Waals surface area contributed by atoms with Crippen molar-refractivity contribution >= 4 is 15.9 Å². The van der Waals surface area contributed by atoms with Crippen LogP contribution in [0.2, 0.25) is 0 Å². The molecule has 1 fully saturated rings. The molecule has 0 N–H and O–H groups in total. The molecular formula is C10H17BrO. The van der Waals surface area contributed by atoms with Crippen molar-refractivity contribution in [2.24, 2.45) is 5.92 Å². The van der Waals surface area contributed by atoms with E-state index in [0.717, 1.165) is 25.0 Å². The minimum absolute atomic E-state index is 0.692. The monoisotopic (exact) mass is 232 g/mol. The first-order chi connectivity index (χ1) is 5.84. The van der Waals surface area contributed by atoms with Gasteiger partial charge in [0, 0.05) is 17.9 Å². The number of hydrogen-bond donors (Lipinski definition) is 0. The molecule has 0 bridgehead atoms. The molecule has 1 heterocycles. The quantitative estimate of drug-likeness (QED) is 0.537. The van der Waals surface area contributed by atoms with Crippen LogP contribution in [0, 0.1) is 5.92 Å². The van der Waals surface area contributed by atoms with Crippen LogP contribution in [0.15, 0.2) is 11.6 Å². The summed E-state index contributed by atoms with van der Waals surface area (Å²) in [5.74, 6) is 0.692. The molecular weight excluding hydrogens is 216 g/mol. The average Bonchev–Trinajstić information content (AvgIpc) is 2.15. The number of allylic oxidation sites excluding steroid dienone is 1. The second-order valence-electron chi connectivity index (χ2n) is 3.34. The van der Waals surface area contributed by atoms with Gasteiger partial charge in [0.05, 0.1) is 6.61 Å². The summed E-state index contributed by atoms with van der Waals surface area (Å²) in [4.78, 5) is 0. The predicted molar refractivity (Wildman–Crippen MR) is 55.7 cm³/mol. The maximum Gasteiger partial charge on any atom is 0.0531 e. The summed E-state index contributed by atoms with van der Waals surface area (Å²) in [6, 6.07) is 0. The normalized spacial score (nSPS) is 25.8. The zero-order valence-corrected chi connectivity index (χ0v) is 9.27. The second kappa shape index (κ2) is 5.76. The number of rotatable bonds is 3. The Hall–Kier alpha value is 0.180. The number of halogens is 1. The van der Waals surface area contributed by atoms with Crippen LogP contribution in [-0.2, 0) is 4.74 Å². The number of ether oxygens (including phenoxy) is 1. The largest absolute Gasteiger partial charge is 0.381 e. The highest BCUT2D eigenvalue weighted by Gasteiger charge is 2.14. The lowest BCUT2D eigenvalue weighted by molar-refractivity contribution is 0.0672. The molecule has 0 amide bonds. The molecule has 0 aromatic carbocycles. The molecule has 2 heteroatoms. The van der Waals surface area contributed by atoms with Crippen molar-refractivity contribution in [3.63, 3.8) is 0 Å². The third kappa shape index (κ3) is 3.28. The van der Waals surface area contributed by atoms with Crippen molar-refractivity contribution in [1.82, 2.24) is 0 Å². The van der Waals surface area contributed by atoms with E-state index in [-0.39, 0.29) is 0 Å². The van der Waals surface area contributed by atoms with Gasteiger partial charge >= 0.3 is 0 Å². The molecule has 0 radical (unpaired) electrons. The maximum absolute atomic E-state index is 5.43. The molecule has 1 nitrogen and oxygen atoms in total. The van der Waals surface area contributed by atoms with Crippen LogP contribution in [-0.4, -0.2) is 18.5 Å². The van der Waals surface area contributed by atoms with E-state index in [1.165, 1.54) is 18.4 Å². The zero-order chi connectivity index (χ0) is 8.81. The lowest BCUT2D eigenvalue weighted by Gasteiger charge is -2.22. The van der Waals surface area contributed by atoms with E-state index >= 15 is 0 Å². The highest BCUT2D eigenvalue weighted by Crippen LogP contribution is 2.21. The molecule has 12 heavy (non-hydrogen) atoms. The molecule has 0 saturated carbocycles. The van der Waals surface area contributed by atoms with Gasteiger partial charge in [-0.05, 0) is 26.2 Å². The zero-order valence-electron chi connectivity index (χ0n) is 7.68. The summed E-state index contributed by atoms with van der Waals surface area (Å²) in [7, 11) is 0. The molecule has 0 aliphatic carbocycles. The first-order valence-electron chi connectivity index (χ1n) is 4.65. The van der Waals surface area contributed by atoms with Gasteiger partial charge in [0.25, 0.3) is 0 Å². The van der Waals surface area contributed by atoms with E-state index in [1.54, 1.807) is 0 Å². The van der Waals surface area contributed by atoms with Gasteiger partial charge in [0.1, 0.15) is 0 Å². The van der Waals surface area contributed by atoms with Gasteiger partial charge in [-0.2, -0.15) is 0 Å².